The fraction of sp³-hybridized carbons (Fsp3) is 0.250. The molecule has 106 valence electrons. The van der Waals surface area contributed by atoms with E-state index in [9.17, 15) is 0 Å². The number of nitrogens with two attached hydrogens (primary N) is 1. The highest BCUT2D eigenvalue weighted by Gasteiger charge is 2.06. The first-order chi connectivity index (χ1) is 9.66. The van der Waals surface area contributed by atoms with Crippen molar-refractivity contribution in [1.82, 2.24) is 0 Å². The van der Waals surface area contributed by atoms with E-state index in [1.54, 1.807) is 0 Å². The van der Waals surface area contributed by atoms with E-state index in [-0.39, 0.29) is 0 Å². The van der Waals surface area contributed by atoms with Gasteiger partial charge in [-0.25, -0.2) is 0 Å². The van der Waals surface area contributed by atoms with Crippen LogP contribution in [0.25, 0.3) is 0 Å². The van der Waals surface area contributed by atoms with Crippen molar-refractivity contribution in [2.75, 3.05) is 18.9 Å². The molecule has 0 bridgehead atoms. The first-order valence-corrected chi connectivity index (χ1v) is 7.32. The second-order valence-corrected chi connectivity index (χ2v) is 5.42. The van der Waals surface area contributed by atoms with Gasteiger partial charge in [0.05, 0.1) is 18.9 Å². The van der Waals surface area contributed by atoms with Gasteiger partial charge in [0, 0.05) is 10.9 Å². The monoisotopic (exact) mass is 335 g/mol. The van der Waals surface area contributed by atoms with Crippen LogP contribution in [0, 0.1) is 6.92 Å². The average molecular weight is 336 g/mol. The summed E-state index contributed by atoms with van der Waals surface area (Å²) in [4.78, 5) is 0. The van der Waals surface area contributed by atoms with E-state index in [2.05, 4.69) is 15.9 Å². The molecule has 0 saturated carbocycles. The van der Waals surface area contributed by atoms with E-state index in [1.165, 1.54) is 0 Å². The second kappa shape index (κ2) is 7.20. The van der Waals surface area contributed by atoms with Crippen LogP contribution in [0.15, 0.2) is 46.9 Å². The van der Waals surface area contributed by atoms with E-state index in [0.717, 1.165) is 28.0 Å². The number of aryl methyl sites for hydroxylation is 1. The number of hydrogen-bond donors (Lipinski definition) is 1. The molecule has 0 heterocycles. The van der Waals surface area contributed by atoms with Crippen LogP contribution in [0.5, 0.6) is 11.5 Å². The largest absolute Gasteiger partial charge is 0.493 e. The minimum Gasteiger partial charge on any atom is -0.493 e. The number of rotatable bonds is 6. The van der Waals surface area contributed by atoms with E-state index >= 15 is 0 Å². The highest BCUT2D eigenvalue weighted by Crippen LogP contribution is 2.30. The van der Waals surface area contributed by atoms with Gasteiger partial charge in [-0.2, -0.15) is 0 Å². The third-order valence-corrected chi connectivity index (χ3v) is 3.27. The molecule has 0 saturated heterocycles. The van der Waals surface area contributed by atoms with Gasteiger partial charge in [-0.05, 0) is 36.8 Å². The Kier molecular flexibility index (Phi) is 5.30. The lowest BCUT2D eigenvalue weighted by molar-refractivity contribution is 0.247. The van der Waals surface area contributed by atoms with Gasteiger partial charge in [-0.1, -0.05) is 34.1 Å². The standard InChI is InChI=1S/C16H18BrNO2/c1-12-10-13(17)11-15(18)16(12)20-9-5-8-19-14-6-3-2-4-7-14/h2-4,6-7,10-11H,5,8-9,18H2,1H3. The summed E-state index contributed by atoms with van der Waals surface area (Å²) >= 11 is 3.41. The van der Waals surface area contributed by atoms with Crippen LogP contribution in [-0.2, 0) is 0 Å². The Bertz CT molecular complexity index is 535. The molecule has 2 rings (SSSR count). The molecule has 4 heteroatoms. The van der Waals surface area contributed by atoms with Gasteiger partial charge in [0.1, 0.15) is 11.5 Å². The normalized spacial score (nSPS) is 10.3. The molecule has 0 fully saturated rings. The minimum absolute atomic E-state index is 0.583. The molecule has 0 aliphatic heterocycles. The molecule has 0 amide bonds. The number of para-hydroxylation sites is 1. The zero-order valence-corrected chi connectivity index (χ0v) is 13.0. The molecule has 2 aromatic carbocycles. The van der Waals surface area contributed by atoms with Crippen LogP contribution < -0.4 is 15.2 Å². The lowest BCUT2D eigenvalue weighted by Crippen LogP contribution is -2.07. The highest BCUT2D eigenvalue weighted by atomic mass is 79.9. The van der Waals surface area contributed by atoms with Gasteiger partial charge in [0.25, 0.3) is 0 Å². The Morgan fingerprint density at radius 1 is 1.05 bits per heavy atom. The molecular weight excluding hydrogens is 318 g/mol. The molecule has 20 heavy (non-hydrogen) atoms. The SMILES string of the molecule is Cc1cc(Br)cc(N)c1OCCCOc1ccccc1. The summed E-state index contributed by atoms with van der Waals surface area (Å²) < 4.78 is 12.3. The topological polar surface area (TPSA) is 44.5 Å². The van der Waals surface area contributed by atoms with Crippen LogP contribution in [0.4, 0.5) is 5.69 Å². The summed E-state index contributed by atoms with van der Waals surface area (Å²) in [7, 11) is 0. The highest BCUT2D eigenvalue weighted by molar-refractivity contribution is 9.10. The number of anilines is 1. The summed E-state index contributed by atoms with van der Waals surface area (Å²) in [5.41, 5.74) is 7.62. The molecule has 0 aliphatic carbocycles. The van der Waals surface area contributed by atoms with Crippen molar-refractivity contribution >= 4 is 21.6 Å². The van der Waals surface area contributed by atoms with Crippen molar-refractivity contribution in [2.24, 2.45) is 0 Å². The van der Waals surface area contributed by atoms with Gasteiger partial charge >= 0.3 is 0 Å². The predicted octanol–water partition coefficient (Wildman–Crippen LogP) is 4.19. The third-order valence-electron chi connectivity index (χ3n) is 2.82. The molecule has 2 N–H and O–H groups in total. The van der Waals surface area contributed by atoms with E-state index in [1.807, 2.05) is 49.4 Å². The fourth-order valence-corrected chi connectivity index (χ4v) is 2.48. The summed E-state index contributed by atoms with van der Waals surface area (Å²) in [5.74, 6) is 1.64. The Hall–Kier alpha value is -1.68. The molecule has 0 aliphatic rings. The van der Waals surface area contributed by atoms with Crippen LogP contribution in [0.2, 0.25) is 0 Å². The van der Waals surface area contributed by atoms with Crippen LogP contribution in [0.1, 0.15) is 12.0 Å². The molecule has 2 aromatic rings. The maximum Gasteiger partial charge on any atom is 0.145 e. The lowest BCUT2D eigenvalue weighted by atomic mass is 10.2. The van der Waals surface area contributed by atoms with Crippen molar-refractivity contribution in [3.8, 4) is 11.5 Å². The Labute approximate surface area is 127 Å². The Morgan fingerprint density at radius 3 is 2.45 bits per heavy atom. The van der Waals surface area contributed by atoms with Crippen molar-refractivity contribution in [3.63, 3.8) is 0 Å². The Balaban J connectivity index is 1.76. The fourth-order valence-electron chi connectivity index (χ4n) is 1.89. The summed E-state index contributed by atoms with van der Waals surface area (Å²) in [6, 6.07) is 13.6. The lowest BCUT2D eigenvalue weighted by Gasteiger charge is -2.12. The first kappa shape index (κ1) is 14.7. The van der Waals surface area contributed by atoms with Crippen LogP contribution in [0.3, 0.4) is 0 Å². The van der Waals surface area contributed by atoms with Crippen LogP contribution >= 0.6 is 15.9 Å². The molecule has 0 unspecified atom stereocenters. The summed E-state index contributed by atoms with van der Waals surface area (Å²) in [6.07, 6.45) is 0.809. The zero-order valence-electron chi connectivity index (χ0n) is 11.4. The number of benzene rings is 2. The van der Waals surface area contributed by atoms with Gasteiger partial charge in [0.2, 0.25) is 0 Å². The predicted molar refractivity (Wildman–Crippen MR) is 85.3 cm³/mol. The molecule has 0 atom stereocenters. The number of halogens is 1. The smallest absolute Gasteiger partial charge is 0.145 e. The maximum absolute atomic E-state index is 5.94. The van der Waals surface area contributed by atoms with E-state index < -0.39 is 0 Å². The zero-order chi connectivity index (χ0) is 14.4. The van der Waals surface area contributed by atoms with Gasteiger partial charge in [-0.3, -0.25) is 0 Å². The van der Waals surface area contributed by atoms with Crippen molar-refractivity contribution in [2.45, 2.75) is 13.3 Å². The molecule has 0 spiro atoms. The van der Waals surface area contributed by atoms with Crippen molar-refractivity contribution in [1.29, 1.82) is 0 Å². The van der Waals surface area contributed by atoms with Crippen molar-refractivity contribution in [3.05, 3.63) is 52.5 Å². The van der Waals surface area contributed by atoms with Gasteiger partial charge in [0.15, 0.2) is 0 Å². The summed E-state index contributed by atoms with van der Waals surface area (Å²) in [6.45, 7) is 3.19. The molecular formula is C16H18BrNO2. The van der Waals surface area contributed by atoms with Gasteiger partial charge in [-0.15, -0.1) is 0 Å². The summed E-state index contributed by atoms with van der Waals surface area (Å²) in [5, 5.41) is 0. The average Bonchev–Trinajstić information content (AvgIpc) is 2.42. The Morgan fingerprint density at radius 2 is 1.75 bits per heavy atom. The van der Waals surface area contributed by atoms with Crippen LogP contribution in [-0.4, -0.2) is 13.2 Å². The second-order valence-electron chi connectivity index (χ2n) is 4.50. The first-order valence-electron chi connectivity index (χ1n) is 6.53. The number of hydrogen-bond acceptors (Lipinski definition) is 3. The molecule has 0 aromatic heterocycles. The van der Waals surface area contributed by atoms with Gasteiger partial charge < -0.3 is 15.2 Å². The quantitative estimate of drug-likeness (QED) is 0.635. The molecule has 0 radical (unpaired) electrons. The van der Waals surface area contributed by atoms with E-state index in [4.69, 9.17) is 15.2 Å². The molecule has 3 nitrogen and oxygen atoms in total. The maximum atomic E-state index is 5.94. The minimum atomic E-state index is 0.583. The van der Waals surface area contributed by atoms with Crippen molar-refractivity contribution < 1.29 is 9.47 Å². The number of nitrogen functional groups attached to an aromatic ring is 1. The third kappa shape index (κ3) is 4.17. The van der Waals surface area contributed by atoms with E-state index in [0.29, 0.717) is 18.9 Å². The number of ether oxygens (including phenoxy) is 2.